The summed E-state index contributed by atoms with van der Waals surface area (Å²) in [6.07, 6.45) is 2.09. The third-order valence-corrected chi connectivity index (χ3v) is 4.79. The van der Waals surface area contributed by atoms with Gasteiger partial charge in [-0.15, -0.1) is 5.10 Å². The summed E-state index contributed by atoms with van der Waals surface area (Å²) in [7, 11) is 3.64. The van der Waals surface area contributed by atoms with E-state index in [1.807, 2.05) is 25.8 Å². The molecule has 0 unspecified atom stereocenters. The van der Waals surface area contributed by atoms with Crippen LogP contribution in [0.3, 0.4) is 0 Å². The molecule has 1 aliphatic heterocycles. The Bertz CT molecular complexity index is 631. The number of nitrogens with one attached hydrogen (secondary N) is 1. The number of piperidine rings is 1. The topological polar surface area (TPSA) is 85.2 Å². The molecular formula is C17H26N6O. The Balaban J connectivity index is 1.95. The van der Waals surface area contributed by atoms with E-state index in [9.17, 15) is 10.1 Å². The summed E-state index contributed by atoms with van der Waals surface area (Å²) in [6.45, 7) is 6.96. The van der Waals surface area contributed by atoms with E-state index in [1.165, 1.54) is 0 Å². The molecule has 0 aromatic carbocycles. The molecule has 0 aliphatic carbocycles. The highest BCUT2D eigenvalue weighted by atomic mass is 16.1. The molecular weight excluding hydrogens is 304 g/mol. The fourth-order valence-electron chi connectivity index (χ4n) is 3.08. The molecule has 7 heteroatoms. The van der Waals surface area contributed by atoms with Crippen LogP contribution >= 0.6 is 0 Å². The number of carbonyl (C=O) groups excluding carboxylic acids is 1. The van der Waals surface area contributed by atoms with Crippen molar-refractivity contribution >= 4 is 11.7 Å². The highest BCUT2D eigenvalue weighted by Crippen LogP contribution is 2.24. The third-order valence-electron chi connectivity index (χ3n) is 4.79. The average molecular weight is 330 g/mol. The van der Waals surface area contributed by atoms with Gasteiger partial charge in [-0.1, -0.05) is 0 Å². The van der Waals surface area contributed by atoms with Crippen LogP contribution in [0.2, 0.25) is 0 Å². The second kappa shape index (κ2) is 8.06. The van der Waals surface area contributed by atoms with Gasteiger partial charge in [0.2, 0.25) is 5.91 Å². The first-order valence-corrected chi connectivity index (χ1v) is 8.34. The van der Waals surface area contributed by atoms with E-state index >= 15 is 0 Å². The smallest absolute Gasteiger partial charge is 0.233 e. The van der Waals surface area contributed by atoms with Crippen LogP contribution in [0.5, 0.6) is 0 Å². The van der Waals surface area contributed by atoms with Crippen molar-refractivity contribution in [3.8, 4) is 6.07 Å². The molecule has 2 rings (SSSR count). The summed E-state index contributed by atoms with van der Waals surface area (Å²) in [5.74, 6) is 1.26. The first-order valence-electron chi connectivity index (χ1n) is 8.34. The number of amides is 1. The van der Waals surface area contributed by atoms with E-state index in [2.05, 4.69) is 26.5 Å². The minimum absolute atomic E-state index is 0.0645. The molecule has 1 aromatic heterocycles. The fraction of sp³-hybridized carbons (Fsp3) is 0.647. The molecule has 0 radical (unpaired) electrons. The normalized spacial score (nSPS) is 15.8. The van der Waals surface area contributed by atoms with Crippen LogP contribution in [0, 0.1) is 31.1 Å². The van der Waals surface area contributed by atoms with Gasteiger partial charge < -0.3 is 10.2 Å². The van der Waals surface area contributed by atoms with Crippen molar-refractivity contribution in [2.45, 2.75) is 26.7 Å². The van der Waals surface area contributed by atoms with Crippen LogP contribution in [0.15, 0.2) is 0 Å². The Morgan fingerprint density at radius 3 is 2.62 bits per heavy atom. The van der Waals surface area contributed by atoms with Gasteiger partial charge in [0.05, 0.1) is 12.2 Å². The highest BCUT2D eigenvalue weighted by molar-refractivity contribution is 5.77. The number of likely N-dealkylation sites (N-methyl/N-ethyl adjacent to an activating group) is 1. The minimum Gasteiger partial charge on any atom is -0.358 e. The zero-order chi connectivity index (χ0) is 17.7. The maximum absolute atomic E-state index is 11.4. The van der Waals surface area contributed by atoms with Gasteiger partial charge in [-0.25, -0.2) is 0 Å². The highest BCUT2D eigenvalue weighted by Gasteiger charge is 2.23. The van der Waals surface area contributed by atoms with Crippen LogP contribution in [-0.2, 0) is 4.79 Å². The van der Waals surface area contributed by atoms with Gasteiger partial charge in [-0.2, -0.15) is 10.4 Å². The molecule has 7 nitrogen and oxygen atoms in total. The van der Waals surface area contributed by atoms with Crippen molar-refractivity contribution in [1.82, 2.24) is 20.4 Å². The van der Waals surface area contributed by atoms with Crippen molar-refractivity contribution in [3.63, 3.8) is 0 Å². The average Bonchev–Trinajstić information content (AvgIpc) is 2.58. The number of hydrogen-bond donors (Lipinski definition) is 1. The summed E-state index contributed by atoms with van der Waals surface area (Å²) in [6, 6.07) is 2.26. The molecule has 1 saturated heterocycles. The van der Waals surface area contributed by atoms with E-state index in [1.54, 1.807) is 7.05 Å². The molecule has 1 fully saturated rings. The van der Waals surface area contributed by atoms with Gasteiger partial charge in [-0.05, 0) is 51.3 Å². The summed E-state index contributed by atoms with van der Waals surface area (Å²) >= 11 is 0. The molecule has 1 aromatic rings. The zero-order valence-electron chi connectivity index (χ0n) is 15.0. The van der Waals surface area contributed by atoms with Crippen molar-refractivity contribution in [3.05, 3.63) is 16.8 Å². The SMILES string of the molecule is CNC(=O)CN1CCC(CN(C)c2nnc(C)c(C)c2C#N)CC1. The minimum atomic E-state index is 0.0645. The van der Waals surface area contributed by atoms with E-state index in [-0.39, 0.29) is 5.91 Å². The second-order valence-corrected chi connectivity index (χ2v) is 6.49. The number of hydrogen-bond acceptors (Lipinski definition) is 6. The van der Waals surface area contributed by atoms with E-state index in [4.69, 9.17) is 0 Å². The van der Waals surface area contributed by atoms with E-state index in [0.29, 0.717) is 23.8 Å². The van der Waals surface area contributed by atoms with E-state index in [0.717, 1.165) is 43.7 Å². The molecule has 1 N–H and O–H groups in total. The molecule has 0 spiro atoms. The number of carbonyl (C=O) groups is 1. The number of aromatic nitrogens is 2. The Hall–Kier alpha value is -2.20. The largest absolute Gasteiger partial charge is 0.358 e. The Morgan fingerprint density at radius 2 is 2.04 bits per heavy atom. The van der Waals surface area contributed by atoms with Crippen molar-refractivity contribution < 1.29 is 4.79 Å². The standard InChI is InChI=1S/C17H26N6O/c1-12-13(2)20-21-17(15(12)9-18)22(4)10-14-5-7-23(8-6-14)11-16(24)19-3/h14H,5-8,10-11H2,1-4H3,(H,19,24). The van der Waals surface area contributed by atoms with Crippen LogP contribution in [0.25, 0.3) is 0 Å². The van der Waals surface area contributed by atoms with Gasteiger partial charge in [0.25, 0.3) is 0 Å². The van der Waals surface area contributed by atoms with Crippen LogP contribution in [0.1, 0.15) is 29.7 Å². The molecule has 130 valence electrons. The Labute approximate surface area is 143 Å². The predicted octanol–water partition coefficient (Wildman–Crippen LogP) is 0.859. The van der Waals surface area contributed by atoms with Gasteiger partial charge >= 0.3 is 0 Å². The summed E-state index contributed by atoms with van der Waals surface area (Å²) in [5, 5.41) is 20.5. The van der Waals surface area contributed by atoms with Gasteiger partial charge in [-0.3, -0.25) is 9.69 Å². The maximum Gasteiger partial charge on any atom is 0.233 e. The lowest BCUT2D eigenvalue weighted by Gasteiger charge is -2.33. The van der Waals surface area contributed by atoms with Gasteiger partial charge in [0.1, 0.15) is 11.6 Å². The molecule has 2 heterocycles. The second-order valence-electron chi connectivity index (χ2n) is 6.49. The quantitative estimate of drug-likeness (QED) is 0.862. The monoisotopic (exact) mass is 330 g/mol. The number of nitrogens with zero attached hydrogens (tertiary/aromatic N) is 5. The number of aryl methyl sites for hydroxylation is 1. The predicted molar refractivity (Wildman–Crippen MR) is 92.7 cm³/mol. The lowest BCUT2D eigenvalue weighted by molar-refractivity contribution is -0.122. The Kier molecular flexibility index (Phi) is 6.10. The molecule has 1 amide bonds. The summed E-state index contributed by atoms with van der Waals surface area (Å²) in [5.41, 5.74) is 2.31. The summed E-state index contributed by atoms with van der Waals surface area (Å²) in [4.78, 5) is 15.7. The number of rotatable bonds is 5. The van der Waals surface area contributed by atoms with E-state index < -0.39 is 0 Å². The van der Waals surface area contributed by atoms with Crippen LogP contribution in [0.4, 0.5) is 5.82 Å². The first kappa shape index (κ1) is 18.1. The van der Waals surface area contributed by atoms with Crippen molar-refractivity contribution in [2.75, 3.05) is 45.2 Å². The summed E-state index contributed by atoms with van der Waals surface area (Å²) < 4.78 is 0. The number of likely N-dealkylation sites (tertiary alicyclic amines) is 1. The molecule has 1 aliphatic rings. The third kappa shape index (κ3) is 4.20. The van der Waals surface area contributed by atoms with Gasteiger partial charge in [0, 0.05) is 20.6 Å². The first-order chi connectivity index (χ1) is 11.5. The van der Waals surface area contributed by atoms with Gasteiger partial charge in [0.15, 0.2) is 5.82 Å². The number of nitriles is 1. The Morgan fingerprint density at radius 1 is 1.38 bits per heavy atom. The maximum atomic E-state index is 11.4. The lowest BCUT2D eigenvalue weighted by Crippen LogP contribution is -2.42. The van der Waals surface area contributed by atoms with Crippen molar-refractivity contribution in [1.29, 1.82) is 5.26 Å². The molecule has 0 bridgehead atoms. The van der Waals surface area contributed by atoms with Crippen molar-refractivity contribution in [2.24, 2.45) is 5.92 Å². The molecule has 24 heavy (non-hydrogen) atoms. The number of anilines is 1. The fourth-order valence-corrected chi connectivity index (χ4v) is 3.08. The van der Waals surface area contributed by atoms with Crippen LogP contribution in [-0.4, -0.2) is 61.3 Å². The van der Waals surface area contributed by atoms with Crippen LogP contribution < -0.4 is 10.2 Å². The zero-order valence-corrected chi connectivity index (χ0v) is 15.0. The lowest BCUT2D eigenvalue weighted by atomic mass is 9.96. The molecule has 0 atom stereocenters. The molecule has 0 saturated carbocycles.